The summed E-state index contributed by atoms with van der Waals surface area (Å²) in [5.41, 5.74) is 12.3. The van der Waals surface area contributed by atoms with Gasteiger partial charge in [-0.1, -0.05) is 170 Å². The predicted molar refractivity (Wildman–Crippen MR) is 232 cm³/mol. The molecule has 0 radical (unpaired) electrons. The number of hydrogen-bond donors (Lipinski definition) is 0. The third-order valence-corrected chi connectivity index (χ3v) is 9.66. The Labute approximate surface area is 318 Å². The van der Waals surface area contributed by atoms with E-state index in [1.807, 2.05) is 18.2 Å². The van der Waals surface area contributed by atoms with Crippen LogP contribution in [0.1, 0.15) is 5.56 Å². The van der Waals surface area contributed by atoms with E-state index in [2.05, 4.69) is 229 Å². The molecule has 0 atom stereocenters. The van der Waals surface area contributed by atoms with E-state index in [9.17, 15) is 0 Å². The molecule has 0 fully saturated rings. The van der Waals surface area contributed by atoms with Crippen molar-refractivity contribution in [1.82, 2.24) is 0 Å². The Morgan fingerprint density at radius 3 is 1.46 bits per heavy atom. The first-order chi connectivity index (χ1) is 26.7. The highest BCUT2D eigenvalue weighted by Crippen LogP contribution is 2.40. The molecule has 8 rings (SSSR count). The van der Waals surface area contributed by atoms with Gasteiger partial charge in [0.05, 0.1) is 5.69 Å². The minimum atomic E-state index is 0.973. The summed E-state index contributed by atoms with van der Waals surface area (Å²) in [7, 11) is 0. The molecule has 2 heteroatoms. The average molecular weight is 693 g/mol. The molecule has 0 heterocycles. The van der Waals surface area contributed by atoms with Crippen LogP contribution in [0.2, 0.25) is 0 Å². The zero-order valence-corrected chi connectivity index (χ0v) is 30.0. The molecular formula is C52H40N2. The van der Waals surface area contributed by atoms with E-state index >= 15 is 0 Å². The number of nitrogens with zero attached hydrogens (tertiary/aromatic N) is 2. The molecule has 258 valence electrons. The standard InChI is InChI=1S/C52H40N2/c1-2-46(25-14-18-40-16-6-3-7-17-40)53(48-34-28-42(29-35-48)41-19-8-4-9-20-41)49-36-30-43(31-37-49)44-32-38-50(39-33-44)54(47-23-10-5-11-24-47)52-27-15-22-45-21-12-13-26-51(45)52/h2-39H,1H2/b18-14+,46-25+. The van der Waals surface area contributed by atoms with Gasteiger partial charge in [-0.2, -0.15) is 0 Å². The van der Waals surface area contributed by atoms with Gasteiger partial charge in [0.2, 0.25) is 0 Å². The normalized spacial score (nSPS) is 11.4. The van der Waals surface area contributed by atoms with Crippen molar-refractivity contribution in [3.8, 4) is 22.3 Å². The van der Waals surface area contributed by atoms with Gasteiger partial charge in [0.15, 0.2) is 0 Å². The van der Waals surface area contributed by atoms with E-state index in [0.29, 0.717) is 0 Å². The summed E-state index contributed by atoms with van der Waals surface area (Å²) in [5, 5.41) is 2.43. The fraction of sp³-hybridized carbons (Fsp3) is 0. The summed E-state index contributed by atoms with van der Waals surface area (Å²) in [6.07, 6.45) is 8.24. The van der Waals surface area contributed by atoms with E-state index in [1.54, 1.807) is 0 Å². The maximum atomic E-state index is 4.22. The van der Waals surface area contributed by atoms with Crippen molar-refractivity contribution in [2.24, 2.45) is 0 Å². The fourth-order valence-electron chi connectivity index (χ4n) is 6.95. The molecule has 0 N–H and O–H groups in total. The SMILES string of the molecule is C=C/C(=C\C=C\c1ccccc1)N(c1ccc(-c2ccccc2)cc1)c1ccc(-c2ccc(N(c3ccccc3)c3cccc4ccccc34)cc2)cc1. The molecule has 0 saturated carbocycles. The number of anilines is 5. The topological polar surface area (TPSA) is 6.48 Å². The number of rotatable bonds is 11. The molecule has 8 aromatic rings. The van der Waals surface area contributed by atoms with Gasteiger partial charge in [-0.3, -0.25) is 0 Å². The lowest BCUT2D eigenvalue weighted by Crippen LogP contribution is -2.15. The Kier molecular flexibility index (Phi) is 10.1. The van der Waals surface area contributed by atoms with Crippen LogP contribution in [-0.2, 0) is 0 Å². The van der Waals surface area contributed by atoms with Gasteiger partial charge in [0.25, 0.3) is 0 Å². The Morgan fingerprint density at radius 2 is 0.870 bits per heavy atom. The van der Waals surface area contributed by atoms with E-state index in [-0.39, 0.29) is 0 Å². The van der Waals surface area contributed by atoms with Crippen LogP contribution in [-0.4, -0.2) is 0 Å². The summed E-state index contributed by atoms with van der Waals surface area (Å²) in [6, 6.07) is 72.9. The lowest BCUT2D eigenvalue weighted by atomic mass is 10.0. The zero-order chi connectivity index (χ0) is 36.5. The third-order valence-electron chi connectivity index (χ3n) is 9.66. The molecule has 0 aliphatic heterocycles. The van der Waals surface area contributed by atoms with E-state index in [4.69, 9.17) is 0 Å². The first-order valence-electron chi connectivity index (χ1n) is 18.3. The van der Waals surface area contributed by atoms with E-state index in [1.165, 1.54) is 21.9 Å². The smallest absolute Gasteiger partial charge is 0.0540 e. The van der Waals surface area contributed by atoms with Crippen LogP contribution in [0.15, 0.2) is 237 Å². The zero-order valence-electron chi connectivity index (χ0n) is 30.0. The minimum Gasteiger partial charge on any atom is -0.311 e. The lowest BCUT2D eigenvalue weighted by molar-refractivity contribution is 1.21. The Hall–Kier alpha value is -7.16. The van der Waals surface area contributed by atoms with Crippen molar-refractivity contribution in [1.29, 1.82) is 0 Å². The largest absolute Gasteiger partial charge is 0.311 e. The second-order valence-electron chi connectivity index (χ2n) is 13.1. The van der Waals surface area contributed by atoms with Gasteiger partial charge in [0.1, 0.15) is 0 Å². The second kappa shape index (κ2) is 16.0. The van der Waals surface area contributed by atoms with Crippen LogP contribution >= 0.6 is 0 Å². The molecule has 0 spiro atoms. The summed E-state index contributed by atoms with van der Waals surface area (Å²) in [5.74, 6) is 0. The highest BCUT2D eigenvalue weighted by Gasteiger charge is 2.16. The van der Waals surface area contributed by atoms with Crippen molar-refractivity contribution in [2.45, 2.75) is 0 Å². The molecule has 0 saturated heterocycles. The van der Waals surface area contributed by atoms with Crippen LogP contribution in [0.4, 0.5) is 28.4 Å². The van der Waals surface area contributed by atoms with Crippen LogP contribution in [0.25, 0.3) is 39.1 Å². The van der Waals surface area contributed by atoms with Gasteiger partial charge in [-0.05, 0) is 100.0 Å². The van der Waals surface area contributed by atoms with Gasteiger partial charge in [0, 0.05) is 33.8 Å². The van der Waals surface area contributed by atoms with E-state index in [0.717, 1.165) is 50.8 Å². The molecular weight excluding hydrogens is 653 g/mol. The summed E-state index contributed by atoms with van der Waals surface area (Å²) < 4.78 is 0. The molecule has 0 aromatic heterocycles. The average Bonchev–Trinajstić information content (AvgIpc) is 3.25. The second-order valence-corrected chi connectivity index (χ2v) is 13.1. The van der Waals surface area contributed by atoms with Crippen molar-refractivity contribution in [3.05, 3.63) is 242 Å². The number of para-hydroxylation sites is 1. The first-order valence-corrected chi connectivity index (χ1v) is 18.3. The fourth-order valence-corrected chi connectivity index (χ4v) is 6.95. The molecule has 0 amide bonds. The van der Waals surface area contributed by atoms with Crippen LogP contribution in [0.5, 0.6) is 0 Å². The van der Waals surface area contributed by atoms with Crippen molar-refractivity contribution in [3.63, 3.8) is 0 Å². The molecule has 0 unspecified atom stereocenters. The third kappa shape index (κ3) is 7.41. The maximum absolute atomic E-state index is 4.22. The van der Waals surface area contributed by atoms with Crippen molar-refractivity contribution < 1.29 is 0 Å². The summed E-state index contributed by atoms with van der Waals surface area (Å²) in [4.78, 5) is 4.59. The first kappa shape index (κ1) is 34.0. The molecule has 2 nitrogen and oxygen atoms in total. The Bertz CT molecular complexity index is 2510. The van der Waals surface area contributed by atoms with Crippen LogP contribution < -0.4 is 9.80 Å². The van der Waals surface area contributed by atoms with Crippen LogP contribution in [0.3, 0.4) is 0 Å². The quantitative estimate of drug-likeness (QED) is 0.125. The van der Waals surface area contributed by atoms with E-state index < -0.39 is 0 Å². The molecule has 8 aromatic carbocycles. The number of hydrogen-bond acceptors (Lipinski definition) is 2. The Balaban J connectivity index is 1.12. The lowest BCUT2D eigenvalue weighted by Gasteiger charge is -2.27. The van der Waals surface area contributed by atoms with Crippen molar-refractivity contribution >= 4 is 45.3 Å². The molecule has 0 aliphatic rings. The Morgan fingerprint density at radius 1 is 0.407 bits per heavy atom. The highest BCUT2D eigenvalue weighted by molar-refractivity contribution is 5.99. The maximum Gasteiger partial charge on any atom is 0.0540 e. The van der Waals surface area contributed by atoms with Gasteiger partial charge in [-0.15, -0.1) is 0 Å². The van der Waals surface area contributed by atoms with Gasteiger partial charge < -0.3 is 9.80 Å². The van der Waals surface area contributed by atoms with Crippen LogP contribution in [0, 0.1) is 0 Å². The predicted octanol–water partition coefficient (Wildman–Crippen LogP) is 14.6. The van der Waals surface area contributed by atoms with Gasteiger partial charge >= 0.3 is 0 Å². The number of fused-ring (bicyclic) bond motifs is 1. The van der Waals surface area contributed by atoms with Gasteiger partial charge in [-0.25, -0.2) is 0 Å². The molecule has 0 aliphatic carbocycles. The summed E-state index contributed by atoms with van der Waals surface area (Å²) >= 11 is 0. The molecule has 0 bridgehead atoms. The number of benzene rings is 8. The number of allylic oxidation sites excluding steroid dienone is 3. The minimum absolute atomic E-state index is 0.973. The summed E-state index contributed by atoms with van der Waals surface area (Å²) in [6.45, 7) is 4.22. The highest BCUT2D eigenvalue weighted by atomic mass is 15.1. The van der Waals surface area contributed by atoms with Crippen molar-refractivity contribution in [2.75, 3.05) is 9.80 Å². The monoisotopic (exact) mass is 692 g/mol. The molecule has 54 heavy (non-hydrogen) atoms.